The van der Waals surface area contributed by atoms with Gasteiger partial charge in [-0.15, -0.1) is 0 Å². The lowest BCUT2D eigenvalue weighted by Gasteiger charge is -2.24. The Morgan fingerprint density at radius 2 is 0.423 bits per heavy atom. The smallest absolute Gasteiger partial charge is 0.329 e. The normalized spacial score (nSPS) is 12.9. The summed E-state index contributed by atoms with van der Waals surface area (Å²) < 4.78 is 42.0. The van der Waals surface area contributed by atoms with Crippen LogP contribution in [0.25, 0.3) is 0 Å². The first kappa shape index (κ1) is 76.7. The Hall–Kier alpha value is -1.34. The lowest BCUT2D eigenvalue weighted by Crippen LogP contribution is -2.35. The standard InChI is InChI=1S/C67H132O11/c1-4-7-10-13-16-19-22-25-28-31-34-37-40-43-46-49-52-72-55-63(76-60-65(78-62-67(70)71)57-74-54-51-48-45-42-39-36-33-30-27-24-21-18-15-12-9-6-3)58-75-59-64(77-61-66(68)69)56-73-53-50-47-44-41-38-35-32-29-26-23-20-17-14-11-8-5-2/h63-65H,4-62H2,1-3H3,(H,68,69)(H,70,71). The lowest BCUT2D eigenvalue weighted by molar-refractivity contribution is -0.154. The Morgan fingerprint density at radius 1 is 0.244 bits per heavy atom. The Balaban J connectivity index is 4.80. The first-order valence-electron chi connectivity index (χ1n) is 34.0. The maximum absolute atomic E-state index is 11.5. The minimum Gasteiger partial charge on any atom is -0.480 e. The molecule has 0 spiro atoms. The summed E-state index contributed by atoms with van der Waals surface area (Å²) in [6.07, 6.45) is 61.6. The van der Waals surface area contributed by atoms with Crippen molar-refractivity contribution in [2.24, 2.45) is 0 Å². The molecule has 2 N–H and O–H groups in total. The highest BCUT2D eigenvalue weighted by molar-refractivity contribution is 5.68. The number of carbonyl (C=O) groups is 2. The predicted molar refractivity (Wildman–Crippen MR) is 326 cm³/mol. The molecule has 0 heterocycles. The molecule has 0 aliphatic heterocycles. The Morgan fingerprint density at radius 3 is 0.641 bits per heavy atom. The number of rotatable bonds is 70. The second kappa shape index (κ2) is 66.5. The van der Waals surface area contributed by atoms with Gasteiger partial charge >= 0.3 is 11.9 Å². The van der Waals surface area contributed by atoms with E-state index in [0.29, 0.717) is 26.4 Å². The molecule has 0 aliphatic rings. The number of hydrogen-bond donors (Lipinski definition) is 2. The molecule has 0 aromatic heterocycles. The van der Waals surface area contributed by atoms with Crippen molar-refractivity contribution in [1.82, 2.24) is 0 Å². The highest BCUT2D eigenvalue weighted by atomic mass is 16.6. The summed E-state index contributed by atoms with van der Waals surface area (Å²) in [5, 5.41) is 18.8. The van der Waals surface area contributed by atoms with Gasteiger partial charge in [0, 0.05) is 19.8 Å². The third-order valence-electron chi connectivity index (χ3n) is 15.3. The molecule has 78 heavy (non-hydrogen) atoms. The molecule has 0 saturated heterocycles. The van der Waals surface area contributed by atoms with E-state index in [0.717, 1.165) is 38.5 Å². The van der Waals surface area contributed by atoms with Gasteiger partial charge in [-0.25, -0.2) is 9.59 Å². The summed E-state index contributed by atoms with van der Waals surface area (Å²) in [6, 6.07) is 0. The van der Waals surface area contributed by atoms with Crippen LogP contribution in [-0.4, -0.2) is 113 Å². The van der Waals surface area contributed by atoms with Crippen LogP contribution in [0.2, 0.25) is 0 Å². The van der Waals surface area contributed by atoms with Gasteiger partial charge in [0.25, 0.3) is 0 Å². The molecule has 0 aliphatic carbocycles. The van der Waals surface area contributed by atoms with Crippen LogP contribution in [0.1, 0.15) is 329 Å². The quantitative estimate of drug-likeness (QED) is 0.0563. The molecule has 0 aromatic carbocycles. The highest BCUT2D eigenvalue weighted by Gasteiger charge is 2.19. The molecule has 0 radical (unpaired) electrons. The van der Waals surface area contributed by atoms with E-state index in [9.17, 15) is 19.8 Å². The van der Waals surface area contributed by atoms with E-state index >= 15 is 0 Å². The van der Waals surface area contributed by atoms with Crippen molar-refractivity contribution in [1.29, 1.82) is 0 Å². The van der Waals surface area contributed by atoms with E-state index in [1.54, 1.807) is 0 Å². The zero-order valence-corrected chi connectivity index (χ0v) is 52.0. The average Bonchev–Trinajstić information content (AvgIpc) is 3.43. The zero-order chi connectivity index (χ0) is 56.6. The first-order chi connectivity index (χ1) is 38.4. The van der Waals surface area contributed by atoms with E-state index in [4.69, 9.17) is 33.2 Å². The number of unbranched alkanes of at least 4 members (excludes halogenated alkanes) is 45. The van der Waals surface area contributed by atoms with Crippen molar-refractivity contribution < 1.29 is 53.0 Å². The van der Waals surface area contributed by atoms with Gasteiger partial charge in [-0.2, -0.15) is 0 Å². The summed E-state index contributed by atoms with van der Waals surface area (Å²) in [7, 11) is 0. The maximum atomic E-state index is 11.5. The first-order valence-corrected chi connectivity index (χ1v) is 34.0. The minimum atomic E-state index is -1.04. The Kier molecular flexibility index (Phi) is 65.3. The summed E-state index contributed by atoms with van der Waals surface area (Å²) in [4.78, 5) is 23.0. The second-order valence-electron chi connectivity index (χ2n) is 23.3. The molecule has 11 nitrogen and oxygen atoms in total. The Labute approximate surface area is 483 Å². The summed E-state index contributed by atoms with van der Waals surface area (Å²) >= 11 is 0. The fraction of sp³-hybridized carbons (Fsp3) is 0.970. The van der Waals surface area contributed by atoms with Crippen molar-refractivity contribution in [2.45, 2.75) is 347 Å². The van der Waals surface area contributed by atoms with Crippen LogP contribution < -0.4 is 0 Å². The molecule has 466 valence electrons. The van der Waals surface area contributed by atoms with E-state index < -0.39 is 43.5 Å². The van der Waals surface area contributed by atoms with Crippen molar-refractivity contribution >= 4 is 11.9 Å². The van der Waals surface area contributed by atoms with E-state index in [-0.39, 0.29) is 33.0 Å². The van der Waals surface area contributed by atoms with Gasteiger partial charge in [0.1, 0.15) is 31.5 Å². The largest absolute Gasteiger partial charge is 0.480 e. The molecular weight excluding hydrogens is 981 g/mol. The van der Waals surface area contributed by atoms with Gasteiger partial charge in [0.2, 0.25) is 0 Å². The lowest BCUT2D eigenvalue weighted by atomic mass is 10.0. The molecule has 0 bridgehead atoms. The molecule has 0 rings (SSSR count). The third kappa shape index (κ3) is 63.8. The molecule has 0 saturated carbocycles. The van der Waals surface area contributed by atoms with Gasteiger partial charge in [-0.3, -0.25) is 0 Å². The topological polar surface area (TPSA) is 139 Å². The van der Waals surface area contributed by atoms with Crippen molar-refractivity contribution in [3.05, 3.63) is 0 Å². The zero-order valence-electron chi connectivity index (χ0n) is 52.0. The van der Waals surface area contributed by atoms with E-state index in [1.807, 2.05) is 0 Å². The SMILES string of the molecule is CCCCCCCCCCCCCCCCCCOCC(COCC(COCCCCCCCCCCCCCCCCCC)OCC(COCCCCCCCCCCCCCCCCCC)OCC(=O)O)OCC(=O)O. The molecule has 3 unspecified atom stereocenters. The molecule has 11 heteroatoms. The number of hydrogen-bond acceptors (Lipinski definition) is 9. The fourth-order valence-corrected chi connectivity index (χ4v) is 10.3. The van der Waals surface area contributed by atoms with Gasteiger partial charge in [-0.1, -0.05) is 310 Å². The predicted octanol–water partition coefficient (Wildman–Crippen LogP) is 19.2. The fourth-order valence-electron chi connectivity index (χ4n) is 10.3. The van der Waals surface area contributed by atoms with E-state index in [2.05, 4.69) is 20.8 Å². The van der Waals surface area contributed by atoms with Crippen LogP contribution >= 0.6 is 0 Å². The van der Waals surface area contributed by atoms with Crippen LogP contribution in [0.5, 0.6) is 0 Å². The number of carboxylic acid groups (broad SMARTS) is 2. The van der Waals surface area contributed by atoms with Crippen molar-refractivity contribution in [3.8, 4) is 0 Å². The van der Waals surface area contributed by atoms with Gasteiger partial charge in [-0.05, 0) is 19.3 Å². The maximum Gasteiger partial charge on any atom is 0.329 e. The van der Waals surface area contributed by atoms with Crippen LogP contribution in [-0.2, 0) is 42.7 Å². The van der Waals surface area contributed by atoms with Gasteiger partial charge in [0.05, 0.1) is 39.6 Å². The number of aliphatic carboxylic acids is 2. The van der Waals surface area contributed by atoms with Gasteiger partial charge in [0.15, 0.2) is 0 Å². The van der Waals surface area contributed by atoms with Crippen LogP contribution in [0, 0.1) is 0 Å². The molecule has 0 amide bonds. The highest BCUT2D eigenvalue weighted by Crippen LogP contribution is 2.18. The van der Waals surface area contributed by atoms with Gasteiger partial charge < -0.3 is 43.4 Å². The van der Waals surface area contributed by atoms with Crippen LogP contribution in [0.3, 0.4) is 0 Å². The summed E-state index contributed by atoms with van der Waals surface area (Å²) in [6.45, 7) is 9.05. The minimum absolute atomic E-state index is 0.129. The summed E-state index contributed by atoms with van der Waals surface area (Å²) in [5.74, 6) is -2.07. The van der Waals surface area contributed by atoms with E-state index in [1.165, 1.54) is 270 Å². The molecule has 3 atom stereocenters. The van der Waals surface area contributed by atoms with Crippen molar-refractivity contribution in [2.75, 3.05) is 72.7 Å². The monoisotopic (exact) mass is 1110 g/mol. The van der Waals surface area contributed by atoms with Crippen molar-refractivity contribution in [3.63, 3.8) is 0 Å². The number of carboxylic acids is 2. The molecular formula is C67H132O11. The molecule has 0 fully saturated rings. The summed E-state index contributed by atoms with van der Waals surface area (Å²) in [5.41, 5.74) is 0. The third-order valence-corrected chi connectivity index (χ3v) is 15.3. The molecule has 0 aromatic rings. The Bertz CT molecular complexity index is 1160. The second-order valence-corrected chi connectivity index (χ2v) is 23.3. The average molecular weight is 1110 g/mol. The van der Waals surface area contributed by atoms with Crippen LogP contribution in [0.4, 0.5) is 0 Å². The number of ether oxygens (including phenoxy) is 7. The van der Waals surface area contributed by atoms with Crippen LogP contribution in [0.15, 0.2) is 0 Å².